The summed E-state index contributed by atoms with van der Waals surface area (Å²) >= 11 is 3.05. The Kier molecular flexibility index (Phi) is 7.56. The van der Waals surface area contributed by atoms with Crippen LogP contribution in [0.2, 0.25) is 0 Å². The second-order valence-electron chi connectivity index (χ2n) is 6.60. The summed E-state index contributed by atoms with van der Waals surface area (Å²) in [4.78, 5) is 30.7. The van der Waals surface area contributed by atoms with Gasteiger partial charge in [0.2, 0.25) is 0 Å². The van der Waals surface area contributed by atoms with Crippen molar-refractivity contribution in [3.63, 3.8) is 0 Å². The van der Waals surface area contributed by atoms with Crippen LogP contribution >= 0.6 is 45.1 Å². The molecule has 4 N–H and O–H groups in total. The van der Waals surface area contributed by atoms with Crippen LogP contribution in [0.1, 0.15) is 12.5 Å². The lowest BCUT2D eigenvalue weighted by Crippen LogP contribution is -2.29. The summed E-state index contributed by atoms with van der Waals surface area (Å²) < 4.78 is 41.1. The fourth-order valence-corrected chi connectivity index (χ4v) is 8.12. The van der Waals surface area contributed by atoms with Crippen LogP contribution in [0, 0.1) is 11.6 Å². The van der Waals surface area contributed by atoms with E-state index in [0.29, 0.717) is 23.0 Å². The number of aromatic nitrogens is 4. The summed E-state index contributed by atoms with van der Waals surface area (Å²) in [5.74, 6) is -0.139. The molecular formula is C16H18F2N6O4S4. The maximum Gasteiger partial charge on any atom is 0.351 e. The van der Waals surface area contributed by atoms with Crippen molar-refractivity contribution in [3.05, 3.63) is 45.0 Å². The molecule has 2 aliphatic rings. The van der Waals surface area contributed by atoms with Gasteiger partial charge in [-0.05, 0) is 0 Å². The Balaban J connectivity index is 1.21. The van der Waals surface area contributed by atoms with E-state index in [0.717, 1.165) is 21.5 Å². The minimum atomic E-state index is -0.765. The fraction of sp³-hybridized carbons (Fsp3) is 0.500. The number of ether oxygens (including phenoxy) is 2. The van der Waals surface area contributed by atoms with Gasteiger partial charge in [0.1, 0.15) is 23.3 Å². The molecule has 2 aromatic heterocycles. The number of nitrogen functional groups attached to an aromatic ring is 2. The van der Waals surface area contributed by atoms with Gasteiger partial charge in [0, 0.05) is 23.0 Å². The zero-order chi connectivity index (χ0) is 22.8. The topological polar surface area (TPSA) is 140 Å². The first kappa shape index (κ1) is 23.7. The highest BCUT2D eigenvalue weighted by molar-refractivity contribution is 8.76. The van der Waals surface area contributed by atoms with Crippen LogP contribution in [0.25, 0.3) is 0 Å². The lowest BCUT2D eigenvalue weighted by atomic mass is 10.5. The van der Waals surface area contributed by atoms with Crippen molar-refractivity contribution < 1.29 is 18.3 Å². The average Bonchev–Trinajstić information content (AvgIpc) is 3.40. The molecule has 0 amide bonds. The minimum Gasteiger partial charge on any atom is -0.381 e. The van der Waals surface area contributed by atoms with Crippen LogP contribution in [-0.4, -0.2) is 53.0 Å². The highest BCUT2D eigenvalue weighted by atomic mass is 33.1. The SMILES string of the molecule is Nc1nc(=O)n([C@@H]2CS[C@H](CSSC[C@@H]3O[C@H](n4cc(F)c(N)nc4=O)CS3)O2)cc1F. The molecule has 0 bridgehead atoms. The van der Waals surface area contributed by atoms with Gasteiger partial charge < -0.3 is 20.9 Å². The van der Waals surface area contributed by atoms with E-state index in [1.54, 1.807) is 21.6 Å². The van der Waals surface area contributed by atoms with Gasteiger partial charge >= 0.3 is 11.4 Å². The Morgan fingerprint density at radius 3 is 1.72 bits per heavy atom. The molecule has 32 heavy (non-hydrogen) atoms. The third-order valence-corrected chi connectivity index (χ3v) is 9.48. The number of hydrogen-bond acceptors (Lipinski definition) is 12. The highest BCUT2D eigenvalue weighted by Gasteiger charge is 2.30. The molecule has 0 aliphatic carbocycles. The second-order valence-corrected chi connectivity index (χ2v) is 11.5. The molecule has 16 heteroatoms. The van der Waals surface area contributed by atoms with Crippen LogP contribution in [0.3, 0.4) is 0 Å². The van der Waals surface area contributed by atoms with E-state index < -0.39 is 47.1 Å². The summed E-state index contributed by atoms with van der Waals surface area (Å²) in [7, 11) is 3.14. The average molecular weight is 525 g/mol. The van der Waals surface area contributed by atoms with E-state index in [2.05, 4.69) is 9.97 Å². The Bertz CT molecular complexity index is 1020. The van der Waals surface area contributed by atoms with Crippen molar-refractivity contribution in [2.75, 3.05) is 34.5 Å². The van der Waals surface area contributed by atoms with Crippen LogP contribution in [0.5, 0.6) is 0 Å². The van der Waals surface area contributed by atoms with Crippen molar-refractivity contribution in [1.82, 2.24) is 19.1 Å². The zero-order valence-corrected chi connectivity index (χ0v) is 19.5. The molecule has 0 spiro atoms. The molecule has 4 rings (SSSR count). The third kappa shape index (κ3) is 5.36. The number of nitrogens with zero attached hydrogens (tertiary/aromatic N) is 4. The van der Waals surface area contributed by atoms with Gasteiger partial charge in [-0.2, -0.15) is 9.97 Å². The Hall–Kier alpha value is -1.46. The predicted octanol–water partition coefficient (Wildman–Crippen LogP) is 1.50. The molecule has 4 heterocycles. The molecule has 2 fully saturated rings. The highest BCUT2D eigenvalue weighted by Crippen LogP contribution is 2.39. The van der Waals surface area contributed by atoms with Crippen molar-refractivity contribution in [1.29, 1.82) is 0 Å². The Labute approximate surface area is 196 Å². The van der Waals surface area contributed by atoms with Gasteiger partial charge in [-0.3, -0.25) is 9.13 Å². The quantitative estimate of drug-likeness (QED) is 0.401. The number of anilines is 2. The van der Waals surface area contributed by atoms with Crippen LogP contribution in [-0.2, 0) is 9.47 Å². The number of nitrogens with two attached hydrogens (primary N) is 2. The van der Waals surface area contributed by atoms with Crippen LogP contribution in [0.4, 0.5) is 20.4 Å². The summed E-state index contributed by atoms with van der Waals surface area (Å²) in [6.07, 6.45) is 0.817. The first-order chi connectivity index (χ1) is 15.3. The van der Waals surface area contributed by atoms with E-state index in [9.17, 15) is 18.4 Å². The molecule has 174 valence electrons. The van der Waals surface area contributed by atoms with E-state index in [1.807, 2.05) is 0 Å². The number of thioether (sulfide) groups is 2. The first-order valence-electron chi connectivity index (χ1n) is 9.18. The number of hydrogen-bond donors (Lipinski definition) is 2. The van der Waals surface area contributed by atoms with Gasteiger partial charge in [-0.15, -0.1) is 23.5 Å². The van der Waals surface area contributed by atoms with Crippen molar-refractivity contribution in [2.24, 2.45) is 0 Å². The minimum absolute atomic E-state index is 0.169. The summed E-state index contributed by atoms with van der Waals surface area (Å²) in [6, 6.07) is 0. The number of rotatable bonds is 7. The van der Waals surface area contributed by atoms with E-state index in [1.165, 1.54) is 23.5 Å². The summed E-state index contributed by atoms with van der Waals surface area (Å²) in [6.45, 7) is 0. The predicted molar refractivity (Wildman–Crippen MR) is 123 cm³/mol. The van der Waals surface area contributed by atoms with E-state index in [-0.39, 0.29) is 10.9 Å². The standard InChI is InChI=1S/C16H18F2N6O4S4/c17-7-1-23(15(25)21-13(7)19)9-3-29-11(27-9)5-31-32-6-12-28-10(4-30-12)24-2-8(18)14(20)22-16(24)26/h1-2,9-12H,3-6H2,(H2,19,21,25)(H2,20,22,26)/t9-,10-,11+,12+/m0/s1. The molecule has 2 aliphatic heterocycles. The van der Waals surface area contributed by atoms with Gasteiger partial charge in [-0.25, -0.2) is 18.4 Å². The number of halogens is 2. The van der Waals surface area contributed by atoms with Gasteiger partial charge in [0.25, 0.3) is 0 Å². The summed E-state index contributed by atoms with van der Waals surface area (Å²) in [5.41, 5.74) is 8.96. The van der Waals surface area contributed by atoms with Gasteiger partial charge in [0.05, 0.1) is 12.4 Å². The molecule has 0 aromatic carbocycles. The molecular weight excluding hydrogens is 506 g/mol. The Morgan fingerprint density at radius 1 is 0.906 bits per heavy atom. The van der Waals surface area contributed by atoms with Crippen molar-refractivity contribution in [2.45, 2.75) is 23.3 Å². The monoisotopic (exact) mass is 524 g/mol. The first-order valence-corrected chi connectivity index (χ1v) is 13.8. The molecule has 0 unspecified atom stereocenters. The molecule has 4 atom stereocenters. The van der Waals surface area contributed by atoms with Crippen molar-refractivity contribution in [3.8, 4) is 0 Å². The summed E-state index contributed by atoms with van der Waals surface area (Å²) in [5, 5.41) is 0. The van der Waals surface area contributed by atoms with Gasteiger partial charge in [0.15, 0.2) is 23.3 Å². The molecule has 0 saturated carbocycles. The molecule has 0 radical (unpaired) electrons. The molecule has 2 saturated heterocycles. The maximum absolute atomic E-state index is 13.6. The normalized spacial score (nSPS) is 25.4. The van der Waals surface area contributed by atoms with Crippen LogP contribution in [0.15, 0.2) is 22.0 Å². The zero-order valence-electron chi connectivity index (χ0n) is 16.3. The fourth-order valence-electron chi connectivity index (χ4n) is 2.89. The van der Waals surface area contributed by atoms with Crippen LogP contribution < -0.4 is 22.8 Å². The van der Waals surface area contributed by atoms with Gasteiger partial charge in [-0.1, -0.05) is 21.6 Å². The smallest absolute Gasteiger partial charge is 0.351 e. The lowest BCUT2D eigenvalue weighted by molar-refractivity contribution is 0.0245. The Morgan fingerprint density at radius 2 is 1.31 bits per heavy atom. The lowest BCUT2D eigenvalue weighted by Gasteiger charge is -2.15. The van der Waals surface area contributed by atoms with Crippen molar-refractivity contribution >= 4 is 56.7 Å². The molecule has 2 aromatic rings. The van der Waals surface area contributed by atoms with E-state index >= 15 is 0 Å². The maximum atomic E-state index is 13.6. The molecule has 10 nitrogen and oxygen atoms in total. The third-order valence-electron chi connectivity index (χ3n) is 4.45. The van der Waals surface area contributed by atoms with E-state index in [4.69, 9.17) is 20.9 Å². The largest absolute Gasteiger partial charge is 0.381 e. The second kappa shape index (κ2) is 10.2.